The zero-order valence-corrected chi connectivity index (χ0v) is 17.4. The van der Waals surface area contributed by atoms with Crippen LogP contribution in [0.2, 0.25) is 0 Å². The van der Waals surface area contributed by atoms with Gasteiger partial charge in [-0.05, 0) is 41.8 Å². The summed E-state index contributed by atoms with van der Waals surface area (Å²) in [4.78, 5) is 4.29. The van der Waals surface area contributed by atoms with E-state index in [1.807, 2.05) is 30.5 Å². The molecule has 3 heteroatoms. The predicted octanol–water partition coefficient (Wildman–Crippen LogP) is 6.47. The Balaban J connectivity index is 1.55. The van der Waals surface area contributed by atoms with Gasteiger partial charge in [0, 0.05) is 47.0 Å². The second kappa shape index (κ2) is 6.98. The zero-order valence-electron chi connectivity index (χ0n) is 17.4. The highest BCUT2D eigenvalue weighted by molar-refractivity contribution is 5.67. The molecule has 0 N–H and O–H groups in total. The fourth-order valence-corrected chi connectivity index (χ4v) is 4.85. The molecule has 0 aliphatic carbocycles. The first-order valence-electron chi connectivity index (χ1n) is 10.9. The summed E-state index contributed by atoms with van der Waals surface area (Å²) in [6.07, 6.45) is 5.47. The monoisotopic (exact) mass is 405 g/mol. The fraction of sp³-hybridized carbons (Fsp3) is 0.179. The van der Waals surface area contributed by atoms with Crippen LogP contribution in [0.15, 0.2) is 91.3 Å². The number of fused-ring (bicyclic) bond motifs is 6. The molecule has 2 atom stereocenters. The maximum Gasteiger partial charge on any atom is 0.278 e. The Morgan fingerprint density at radius 3 is 2.35 bits per heavy atom. The minimum atomic E-state index is -0.810. The molecule has 152 valence electrons. The molecule has 4 aromatic rings. The van der Waals surface area contributed by atoms with Crippen LogP contribution in [-0.2, 0) is 12.2 Å². The Bertz CT molecular complexity index is 1250. The molecule has 0 spiro atoms. The number of pyridine rings is 1. The molecule has 0 saturated heterocycles. The van der Waals surface area contributed by atoms with Crippen LogP contribution < -0.4 is 9.47 Å². The van der Waals surface area contributed by atoms with E-state index in [0.29, 0.717) is 0 Å². The summed E-state index contributed by atoms with van der Waals surface area (Å²) in [6, 6.07) is 27.4. The van der Waals surface area contributed by atoms with Crippen molar-refractivity contribution in [3.63, 3.8) is 0 Å². The van der Waals surface area contributed by atoms with Crippen molar-refractivity contribution in [3.8, 4) is 22.6 Å². The number of ether oxygens (including phenoxy) is 2. The number of hydrogen-bond acceptors (Lipinski definition) is 3. The third-order valence-corrected chi connectivity index (χ3v) is 6.47. The summed E-state index contributed by atoms with van der Waals surface area (Å²) in [6.45, 7) is 2.19. The van der Waals surface area contributed by atoms with Gasteiger partial charge in [-0.1, -0.05) is 61.5 Å². The second-order valence-electron chi connectivity index (χ2n) is 8.30. The third-order valence-electron chi connectivity index (χ3n) is 6.47. The lowest BCUT2D eigenvalue weighted by Crippen LogP contribution is -2.46. The topological polar surface area (TPSA) is 31.4 Å². The minimum absolute atomic E-state index is 0.204. The highest BCUT2D eigenvalue weighted by Crippen LogP contribution is 2.55. The molecule has 0 saturated carbocycles. The number of nitrogens with zero attached hydrogens (tertiary/aromatic N) is 1. The normalized spacial score (nSPS) is 20.7. The molecule has 0 fully saturated rings. The van der Waals surface area contributed by atoms with Crippen molar-refractivity contribution >= 4 is 0 Å². The number of aryl methyl sites for hydroxylation is 1. The Hall–Kier alpha value is -3.59. The molecular formula is C28H23NO2. The average Bonchev–Trinajstić information content (AvgIpc) is 2.85. The van der Waals surface area contributed by atoms with Crippen LogP contribution in [0.3, 0.4) is 0 Å². The van der Waals surface area contributed by atoms with Gasteiger partial charge in [0.2, 0.25) is 0 Å². The van der Waals surface area contributed by atoms with E-state index in [1.54, 1.807) is 6.20 Å². The van der Waals surface area contributed by atoms with Gasteiger partial charge >= 0.3 is 0 Å². The minimum Gasteiger partial charge on any atom is -0.448 e. The van der Waals surface area contributed by atoms with Crippen LogP contribution >= 0.6 is 0 Å². The molecule has 31 heavy (non-hydrogen) atoms. The lowest BCUT2D eigenvalue weighted by Gasteiger charge is -2.46. The molecule has 6 rings (SSSR count). The lowest BCUT2D eigenvalue weighted by molar-refractivity contribution is -0.148. The maximum atomic E-state index is 6.64. The van der Waals surface area contributed by atoms with Crippen molar-refractivity contribution < 1.29 is 9.47 Å². The van der Waals surface area contributed by atoms with Gasteiger partial charge in [0.1, 0.15) is 11.5 Å². The van der Waals surface area contributed by atoms with Gasteiger partial charge in [-0.15, -0.1) is 0 Å². The van der Waals surface area contributed by atoms with Gasteiger partial charge in [-0.25, -0.2) is 0 Å². The third kappa shape index (κ3) is 2.92. The van der Waals surface area contributed by atoms with E-state index in [2.05, 4.69) is 66.5 Å². The van der Waals surface area contributed by atoms with Crippen molar-refractivity contribution in [1.29, 1.82) is 0 Å². The second-order valence-corrected chi connectivity index (χ2v) is 8.30. The highest BCUT2D eigenvalue weighted by atomic mass is 16.7. The van der Waals surface area contributed by atoms with E-state index in [9.17, 15) is 0 Å². The predicted molar refractivity (Wildman–Crippen MR) is 121 cm³/mol. The molecule has 0 unspecified atom stereocenters. The van der Waals surface area contributed by atoms with E-state index in [4.69, 9.17) is 9.47 Å². The Labute approximate surface area is 182 Å². The number of hydrogen-bond donors (Lipinski definition) is 0. The van der Waals surface area contributed by atoms with Crippen LogP contribution in [0.1, 0.15) is 41.5 Å². The van der Waals surface area contributed by atoms with Crippen LogP contribution in [0.25, 0.3) is 11.1 Å². The quantitative estimate of drug-likeness (QED) is 0.391. The van der Waals surface area contributed by atoms with Crippen molar-refractivity contribution in [2.24, 2.45) is 0 Å². The number of rotatable bonds is 3. The highest BCUT2D eigenvalue weighted by Gasteiger charge is 2.49. The summed E-state index contributed by atoms with van der Waals surface area (Å²) >= 11 is 0. The molecule has 2 aliphatic rings. The molecule has 0 radical (unpaired) electrons. The summed E-state index contributed by atoms with van der Waals surface area (Å²) in [5.74, 6) is 1.20. The van der Waals surface area contributed by atoms with Crippen LogP contribution in [0.4, 0.5) is 0 Å². The van der Waals surface area contributed by atoms with Gasteiger partial charge in [-0.3, -0.25) is 4.98 Å². The van der Waals surface area contributed by atoms with Crippen LogP contribution in [0.5, 0.6) is 11.5 Å². The van der Waals surface area contributed by atoms with Crippen molar-refractivity contribution in [3.05, 3.63) is 114 Å². The SMILES string of the molecule is CCc1ccc2c(c1)[C@H]1C[C@@](c3ccccc3)(O2)Oc2ccc(-c3cccnc3)cc21. The molecule has 2 bridgehead atoms. The van der Waals surface area contributed by atoms with Gasteiger partial charge < -0.3 is 9.47 Å². The van der Waals surface area contributed by atoms with Gasteiger partial charge in [-0.2, -0.15) is 0 Å². The molecule has 0 amide bonds. The number of benzene rings is 3. The maximum absolute atomic E-state index is 6.64. The summed E-state index contributed by atoms with van der Waals surface area (Å²) in [5, 5.41) is 0. The molecule has 1 aromatic heterocycles. The van der Waals surface area contributed by atoms with Crippen molar-refractivity contribution in [2.45, 2.75) is 31.5 Å². The lowest BCUT2D eigenvalue weighted by atomic mass is 9.77. The number of aromatic nitrogens is 1. The molecular weight excluding hydrogens is 382 g/mol. The standard InChI is InChI=1S/C28H23NO2/c1-2-19-10-12-26-23(15-19)25-17-28(30-26,22-8-4-3-5-9-22)31-27-13-11-20(16-24(25)27)21-7-6-14-29-18-21/h3-16,18,25H,2,17H2,1H3/t25-,28-/m1/s1. The van der Waals surface area contributed by atoms with E-state index >= 15 is 0 Å². The molecule has 3 aromatic carbocycles. The molecule has 2 aliphatic heterocycles. The smallest absolute Gasteiger partial charge is 0.278 e. The van der Waals surface area contributed by atoms with Crippen LogP contribution in [0, 0.1) is 0 Å². The molecule has 3 heterocycles. The first kappa shape index (κ1) is 18.2. The Morgan fingerprint density at radius 2 is 1.61 bits per heavy atom. The van der Waals surface area contributed by atoms with Crippen LogP contribution in [-0.4, -0.2) is 4.98 Å². The van der Waals surface area contributed by atoms with E-state index < -0.39 is 5.79 Å². The van der Waals surface area contributed by atoms with Crippen molar-refractivity contribution in [1.82, 2.24) is 4.98 Å². The van der Waals surface area contributed by atoms with E-state index in [1.165, 1.54) is 16.7 Å². The average molecular weight is 405 g/mol. The van der Waals surface area contributed by atoms with E-state index in [-0.39, 0.29) is 5.92 Å². The zero-order chi connectivity index (χ0) is 20.8. The Morgan fingerprint density at radius 1 is 0.839 bits per heavy atom. The van der Waals surface area contributed by atoms with Crippen molar-refractivity contribution in [2.75, 3.05) is 0 Å². The summed E-state index contributed by atoms with van der Waals surface area (Å²) < 4.78 is 13.3. The first-order valence-corrected chi connectivity index (χ1v) is 10.9. The first-order chi connectivity index (χ1) is 15.3. The largest absolute Gasteiger partial charge is 0.448 e. The van der Waals surface area contributed by atoms with E-state index in [0.717, 1.165) is 41.0 Å². The summed E-state index contributed by atoms with van der Waals surface area (Å²) in [5.41, 5.74) is 7.10. The summed E-state index contributed by atoms with van der Waals surface area (Å²) in [7, 11) is 0. The van der Waals surface area contributed by atoms with Gasteiger partial charge in [0.15, 0.2) is 0 Å². The Kier molecular flexibility index (Phi) is 4.10. The van der Waals surface area contributed by atoms with Gasteiger partial charge in [0.25, 0.3) is 5.79 Å². The fourth-order valence-electron chi connectivity index (χ4n) is 4.85. The van der Waals surface area contributed by atoms with Gasteiger partial charge in [0.05, 0.1) is 0 Å². The molecule has 3 nitrogen and oxygen atoms in total.